The van der Waals surface area contributed by atoms with Crippen LogP contribution in [0.25, 0.3) is 0 Å². The van der Waals surface area contributed by atoms with Crippen molar-refractivity contribution in [3.8, 4) is 0 Å². The van der Waals surface area contributed by atoms with Crippen molar-refractivity contribution in [2.45, 2.75) is 32.7 Å². The van der Waals surface area contributed by atoms with Crippen molar-refractivity contribution in [2.75, 3.05) is 5.32 Å². The standard InChI is InChI=1S/C9H14N2O/c1-6(8-3-4-8)11-9-5-10-12-7(9)2/h5-6,8,11H,3-4H2,1-2H3. The molecule has 1 aliphatic carbocycles. The minimum absolute atomic E-state index is 0.558. The van der Waals surface area contributed by atoms with Gasteiger partial charge in [0.05, 0.1) is 11.9 Å². The van der Waals surface area contributed by atoms with Crippen LogP contribution < -0.4 is 5.32 Å². The van der Waals surface area contributed by atoms with E-state index >= 15 is 0 Å². The van der Waals surface area contributed by atoms with Gasteiger partial charge in [-0.25, -0.2) is 0 Å². The number of aryl methyl sites for hydroxylation is 1. The zero-order valence-electron chi connectivity index (χ0n) is 7.50. The molecule has 0 radical (unpaired) electrons. The van der Waals surface area contributed by atoms with Crippen LogP contribution in [-0.4, -0.2) is 11.2 Å². The molecule has 1 aliphatic rings. The number of aromatic nitrogens is 1. The van der Waals surface area contributed by atoms with E-state index in [4.69, 9.17) is 4.52 Å². The molecule has 0 bridgehead atoms. The average molecular weight is 166 g/mol. The molecule has 0 saturated heterocycles. The van der Waals surface area contributed by atoms with Crippen LogP contribution in [-0.2, 0) is 0 Å². The van der Waals surface area contributed by atoms with Gasteiger partial charge in [-0.3, -0.25) is 0 Å². The van der Waals surface area contributed by atoms with Crippen molar-refractivity contribution in [1.29, 1.82) is 0 Å². The molecule has 1 atom stereocenters. The summed E-state index contributed by atoms with van der Waals surface area (Å²) < 4.78 is 4.95. The Hall–Kier alpha value is -0.990. The molecule has 1 saturated carbocycles. The zero-order valence-corrected chi connectivity index (χ0v) is 7.50. The van der Waals surface area contributed by atoms with Gasteiger partial charge in [-0.1, -0.05) is 5.16 Å². The third kappa shape index (κ3) is 1.44. The molecule has 0 amide bonds. The van der Waals surface area contributed by atoms with Crippen LogP contribution >= 0.6 is 0 Å². The van der Waals surface area contributed by atoms with Crippen LogP contribution in [0.4, 0.5) is 5.69 Å². The maximum absolute atomic E-state index is 4.95. The average Bonchev–Trinajstić information content (AvgIpc) is 2.80. The summed E-state index contributed by atoms with van der Waals surface area (Å²) >= 11 is 0. The lowest BCUT2D eigenvalue weighted by molar-refractivity contribution is 0.397. The molecule has 1 aromatic rings. The molecule has 12 heavy (non-hydrogen) atoms. The number of nitrogens with one attached hydrogen (secondary N) is 1. The second-order valence-electron chi connectivity index (χ2n) is 3.57. The second-order valence-corrected chi connectivity index (χ2v) is 3.57. The number of hydrogen-bond acceptors (Lipinski definition) is 3. The highest BCUT2D eigenvalue weighted by Crippen LogP contribution is 2.34. The van der Waals surface area contributed by atoms with E-state index in [2.05, 4.69) is 17.4 Å². The van der Waals surface area contributed by atoms with Crippen LogP contribution in [0.5, 0.6) is 0 Å². The van der Waals surface area contributed by atoms with Crippen molar-refractivity contribution in [3.63, 3.8) is 0 Å². The normalized spacial score (nSPS) is 19.2. The van der Waals surface area contributed by atoms with Gasteiger partial charge in [0.15, 0.2) is 5.76 Å². The largest absolute Gasteiger partial charge is 0.378 e. The predicted molar refractivity (Wildman–Crippen MR) is 47.0 cm³/mol. The van der Waals surface area contributed by atoms with Crippen molar-refractivity contribution >= 4 is 5.69 Å². The first-order valence-corrected chi connectivity index (χ1v) is 4.45. The van der Waals surface area contributed by atoms with Gasteiger partial charge in [0.1, 0.15) is 0 Å². The first-order chi connectivity index (χ1) is 5.77. The molecule has 3 heteroatoms. The first-order valence-electron chi connectivity index (χ1n) is 4.45. The topological polar surface area (TPSA) is 38.1 Å². The quantitative estimate of drug-likeness (QED) is 0.748. The van der Waals surface area contributed by atoms with Gasteiger partial charge in [0.2, 0.25) is 0 Å². The molecule has 1 N–H and O–H groups in total. The highest BCUT2D eigenvalue weighted by molar-refractivity contribution is 5.44. The Morgan fingerprint density at radius 1 is 1.67 bits per heavy atom. The summed E-state index contributed by atoms with van der Waals surface area (Å²) in [5, 5.41) is 7.11. The maximum atomic E-state index is 4.95. The van der Waals surface area contributed by atoms with Gasteiger partial charge >= 0.3 is 0 Å². The highest BCUT2D eigenvalue weighted by Gasteiger charge is 2.28. The van der Waals surface area contributed by atoms with Crippen LogP contribution in [0.1, 0.15) is 25.5 Å². The lowest BCUT2D eigenvalue weighted by Gasteiger charge is -2.11. The molecule has 1 aromatic heterocycles. The Kier molecular flexibility index (Phi) is 1.79. The van der Waals surface area contributed by atoms with E-state index < -0.39 is 0 Å². The zero-order chi connectivity index (χ0) is 8.55. The van der Waals surface area contributed by atoms with E-state index in [1.807, 2.05) is 6.92 Å². The lowest BCUT2D eigenvalue weighted by atomic mass is 10.2. The molecule has 2 rings (SSSR count). The summed E-state index contributed by atoms with van der Waals surface area (Å²) in [5.74, 6) is 1.74. The van der Waals surface area contributed by atoms with Gasteiger partial charge in [-0.2, -0.15) is 0 Å². The SMILES string of the molecule is Cc1oncc1NC(C)C1CC1. The third-order valence-electron chi connectivity index (χ3n) is 2.46. The monoisotopic (exact) mass is 166 g/mol. The second kappa shape index (κ2) is 2.81. The lowest BCUT2D eigenvalue weighted by Crippen LogP contribution is -2.17. The van der Waals surface area contributed by atoms with Crippen molar-refractivity contribution in [3.05, 3.63) is 12.0 Å². The molecule has 0 spiro atoms. The van der Waals surface area contributed by atoms with Crippen LogP contribution in [0.15, 0.2) is 10.7 Å². The predicted octanol–water partition coefficient (Wildman–Crippen LogP) is 2.19. The first kappa shape index (κ1) is 7.65. The van der Waals surface area contributed by atoms with Crippen molar-refractivity contribution in [1.82, 2.24) is 5.16 Å². The fourth-order valence-electron chi connectivity index (χ4n) is 1.40. The Morgan fingerprint density at radius 2 is 2.42 bits per heavy atom. The fraction of sp³-hybridized carbons (Fsp3) is 0.667. The van der Waals surface area contributed by atoms with Gasteiger partial charge in [0.25, 0.3) is 0 Å². The number of hydrogen-bond donors (Lipinski definition) is 1. The summed E-state index contributed by atoms with van der Waals surface area (Å²) in [6, 6.07) is 0.558. The van der Waals surface area contributed by atoms with Crippen molar-refractivity contribution in [2.24, 2.45) is 5.92 Å². The maximum Gasteiger partial charge on any atom is 0.156 e. The molecule has 0 aliphatic heterocycles. The number of anilines is 1. The Bertz CT molecular complexity index is 265. The fourth-order valence-corrected chi connectivity index (χ4v) is 1.40. The summed E-state index contributed by atoms with van der Waals surface area (Å²) in [6.07, 6.45) is 4.46. The minimum Gasteiger partial charge on any atom is -0.378 e. The Labute approximate surface area is 72.1 Å². The molecule has 3 nitrogen and oxygen atoms in total. The highest BCUT2D eigenvalue weighted by atomic mass is 16.5. The van der Waals surface area contributed by atoms with E-state index in [1.54, 1.807) is 6.20 Å². The minimum atomic E-state index is 0.558. The summed E-state index contributed by atoms with van der Waals surface area (Å²) in [7, 11) is 0. The molecule has 1 fully saturated rings. The molecule has 66 valence electrons. The van der Waals surface area contributed by atoms with E-state index in [-0.39, 0.29) is 0 Å². The molecule has 1 heterocycles. The van der Waals surface area contributed by atoms with Gasteiger partial charge in [-0.05, 0) is 32.6 Å². The van der Waals surface area contributed by atoms with E-state index in [1.165, 1.54) is 12.8 Å². The summed E-state index contributed by atoms with van der Waals surface area (Å²) in [4.78, 5) is 0. The third-order valence-corrected chi connectivity index (χ3v) is 2.46. The van der Waals surface area contributed by atoms with Gasteiger partial charge < -0.3 is 9.84 Å². The van der Waals surface area contributed by atoms with E-state index in [9.17, 15) is 0 Å². The van der Waals surface area contributed by atoms with E-state index in [0.29, 0.717) is 6.04 Å². The number of rotatable bonds is 3. The van der Waals surface area contributed by atoms with Gasteiger partial charge in [-0.15, -0.1) is 0 Å². The van der Waals surface area contributed by atoms with Gasteiger partial charge in [0, 0.05) is 6.04 Å². The Balaban J connectivity index is 1.97. The van der Waals surface area contributed by atoms with E-state index in [0.717, 1.165) is 17.4 Å². The van der Waals surface area contributed by atoms with Crippen LogP contribution in [0.2, 0.25) is 0 Å². The van der Waals surface area contributed by atoms with Crippen LogP contribution in [0, 0.1) is 12.8 Å². The summed E-state index contributed by atoms with van der Waals surface area (Å²) in [5.41, 5.74) is 1.04. The molecular weight excluding hydrogens is 152 g/mol. The molecular formula is C9H14N2O. The number of nitrogens with zero attached hydrogens (tertiary/aromatic N) is 1. The smallest absolute Gasteiger partial charge is 0.156 e. The molecule has 0 aromatic carbocycles. The molecule has 1 unspecified atom stereocenters. The summed E-state index contributed by atoms with van der Waals surface area (Å²) in [6.45, 7) is 4.14. The van der Waals surface area contributed by atoms with Crippen molar-refractivity contribution < 1.29 is 4.52 Å². The van der Waals surface area contributed by atoms with Crippen LogP contribution in [0.3, 0.4) is 0 Å². The Morgan fingerprint density at radius 3 is 2.92 bits per heavy atom.